The van der Waals surface area contributed by atoms with Crippen LogP contribution in [0.4, 0.5) is 11.4 Å². The molecule has 33 heavy (non-hydrogen) atoms. The van der Waals surface area contributed by atoms with Crippen molar-refractivity contribution in [1.29, 1.82) is 0 Å². The molecule has 0 amide bonds. The molecule has 0 spiro atoms. The second-order valence-electron chi connectivity index (χ2n) is 7.07. The number of ether oxygens (including phenoxy) is 4. The first-order chi connectivity index (χ1) is 16.1. The first-order valence-electron chi connectivity index (χ1n) is 10.0. The number of rotatable bonds is 2. The van der Waals surface area contributed by atoms with Gasteiger partial charge in [-0.05, 0) is 53.6 Å². The molecular formula is C25H20N2O6. The molecule has 3 aromatic carbocycles. The Bertz CT molecular complexity index is 1190. The average Bonchev–Trinajstić information content (AvgIpc) is 2.85. The molecule has 8 nitrogen and oxygen atoms in total. The summed E-state index contributed by atoms with van der Waals surface area (Å²) in [5, 5.41) is 0. The molecule has 0 aromatic heterocycles. The summed E-state index contributed by atoms with van der Waals surface area (Å²) in [6.45, 7) is 0.592. The standard InChI is InChI=1S/C25H20N2O6/c1-30-24(28)18-6-8-22-20(11-18)26-15-27-21-12-19(25(29)31-2)7-9-23(21)33-14-17-5-3-4-16(10-17)13-32-22/h3-12H,13-14H2,1-2H3. The van der Waals surface area contributed by atoms with E-state index in [-0.39, 0.29) is 0 Å². The Balaban J connectivity index is 1.83. The largest absolute Gasteiger partial charge is 0.487 e. The van der Waals surface area contributed by atoms with Crippen LogP contribution in [0.5, 0.6) is 11.5 Å². The molecule has 2 bridgehead atoms. The van der Waals surface area contributed by atoms with Crippen molar-refractivity contribution in [3.63, 3.8) is 0 Å². The zero-order valence-corrected chi connectivity index (χ0v) is 18.0. The van der Waals surface area contributed by atoms with Crippen LogP contribution in [0.25, 0.3) is 0 Å². The highest BCUT2D eigenvalue weighted by atomic mass is 16.5. The van der Waals surface area contributed by atoms with Crippen LogP contribution >= 0.6 is 0 Å². The maximum Gasteiger partial charge on any atom is 0.337 e. The summed E-state index contributed by atoms with van der Waals surface area (Å²) >= 11 is 0. The lowest BCUT2D eigenvalue weighted by Gasteiger charge is -2.13. The minimum atomic E-state index is -0.501. The van der Waals surface area contributed by atoms with Gasteiger partial charge in [-0.15, -0.1) is 0 Å². The Labute approximate surface area is 190 Å². The van der Waals surface area contributed by atoms with Gasteiger partial charge in [0.05, 0.1) is 25.3 Å². The smallest absolute Gasteiger partial charge is 0.337 e. The molecule has 0 radical (unpaired) electrons. The molecule has 3 aromatic rings. The average molecular weight is 444 g/mol. The lowest BCUT2D eigenvalue weighted by atomic mass is 10.1. The van der Waals surface area contributed by atoms with Crippen LogP contribution in [0, 0.1) is 0 Å². The molecule has 166 valence electrons. The topological polar surface area (TPSA) is 95.8 Å². The van der Waals surface area contributed by atoms with Crippen LogP contribution in [0.3, 0.4) is 0 Å². The van der Waals surface area contributed by atoms with E-state index in [0.717, 1.165) is 11.1 Å². The highest BCUT2D eigenvalue weighted by Crippen LogP contribution is 2.32. The Hall–Kier alpha value is -4.42. The van der Waals surface area contributed by atoms with E-state index in [1.807, 2.05) is 24.3 Å². The molecule has 8 heteroatoms. The maximum atomic E-state index is 12.0. The van der Waals surface area contributed by atoms with E-state index in [4.69, 9.17) is 18.9 Å². The van der Waals surface area contributed by atoms with Crippen LogP contribution in [0.2, 0.25) is 0 Å². The third kappa shape index (κ3) is 5.08. The molecular weight excluding hydrogens is 424 g/mol. The zero-order chi connectivity index (χ0) is 23.2. The Morgan fingerprint density at radius 2 is 1.24 bits per heavy atom. The molecule has 0 aliphatic carbocycles. The normalized spacial score (nSPS) is 12.3. The number of benzene rings is 3. The van der Waals surface area contributed by atoms with Crippen LogP contribution < -0.4 is 9.47 Å². The molecule has 1 aliphatic rings. The number of methoxy groups -OCH3 is 2. The van der Waals surface area contributed by atoms with Crippen LogP contribution in [0.15, 0.2) is 70.6 Å². The number of hydrogen-bond acceptors (Lipinski definition) is 8. The van der Waals surface area contributed by atoms with Crippen molar-refractivity contribution >= 4 is 29.3 Å². The van der Waals surface area contributed by atoms with E-state index in [1.54, 1.807) is 24.3 Å². The zero-order valence-electron chi connectivity index (χ0n) is 18.0. The molecule has 0 atom stereocenters. The van der Waals surface area contributed by atoms with E-state index in [2.05, 4.69) is 16.0 Å². The molecule has 4 rings (SSSR count). The molecule has 0 unspecified atom stereocenters. The predicted molar refractivity (Wildman–Crippen MR) is 120 cm³/mol. The molecule has 0 saturated carbocycles. The van der Waals surface area contributed by atoms with E-state index in [1.165, 1.54) is 26.4 Å². The number of carbonyl (C=O) groups excluding carboxylic acids is 2. The second-order valence-corrected chi connectivity index (χ2v) is 7.07. The van der Waals surface area contributed by atoms with Gasteiger partial charge in [0.25, 0.3) is 0 Å². The summed E-state index contributed by atoms with van der Waals surface area (Å²) in [6, 6.07) is 20.0. The van der Waals surface area contributed by atoms with Crippen molar-refractivity contribution < 1.29 is 28.5 Å². The fourth-order valence-electron chi connectivity index (χ4n) is 3.21. The van der Waals surface area contributed by atoms with Gasteiger partial charge in [0, 0.05) is 0 Å². The van der Waals surface area contributed by atoms with Gasteiger partial charge < -0.3 is 18.9 Å². The molecule has 1 heterocycles. The maximum absolute atomic E-state index is 12.0. The van der Waals surface area contributed by atoms with Crippen LogP contribution in [-0.2, 0) is 22.7 Å². The first-order valence-corrected chi connectivity index (χ1v) is 10.0. The summed E-state index contributed by atoms with van der Waals surface area (Å²) in [5.74, 6) is -0.0998. The number of fused-ring (bicyclic) bond motifs is 4. The molecule has 1 aliphatic heterocycles. The Kier molecular flexibility index (Phi) is 6.48. The highest BCUT2D eigenvalue weighted by Gasteiger charge is 2.13. The molecule has 0 fully saturated rings. The predicted octanol–water partition coefficient (Wildman–Crippen LogP) is 4.87. The van der Waals surface area contributed by atoms with E-state index >= 15 is 0 Å². The van der Waals surface area contributed by atoms with Gasteiger partial charge in [0.1, 0.15) is 42.1 Å². The van der Waals surface area contributed by atoms with Gasteiger partial charge in [-0.25, -0.2) is 9.59 Å². The van der Waals surface area contributed by atoms with Crippen molar-refractivity contribution in [3.8, 4) is 11.5 Å². The van der Waals surface area contributed by atoms with Gasteiger partial charge in [-0.3, -0.25) is 0 Å². The summed E-state index contributed by atoms with van der Waals surface area (Å²) in [4.78, 5) is 32.4. The number of carbonyl (C=O) groups is 2. The van der Waals surface area contributed by atoms with Crippen molar-refractivity contribution in [2.75, 3.05) is 14.2 Å². The molecule has 0 N–H and O–H groups in total. The third-order valence-corrected chi connectivity index (χ3v) is 4.88. The Morgan fingerprint density at radius 1 is 0.758 bits per heavy atom. The van der Waals surface area contributed by atoms with Gasteiger partial charge in [0.15, 0.2) is 0 Å². The lowest BCUT2D eigenvalue weighted by molar-refractivity contribution is 0.0592. The summed E-state index contributed by atoms with van der Waals surface area (Å²) in [5.41, 5.74) is 3.20. The van der Waals surface area contributed by atoms with Gasteiger partial charge >= 0.3 is 11.9 Å². The van der Waals surface area contributed by atoms with Crippen LogP contribution in [-0.4, -0.2) is 32.2 Å². The third-order valence-electron chi connectivity index (χ3n) is 4.88. The summed E-state index contributed by atoms with van der Waals surface area (Å²) < 4.78 is 21.5. The first kappa shape index (κ1) is 21.8. The summed E-state index contributed by atoms with van der Waals surface area (Å²) in [6.07, 6.45) is 0. The van der Waals surface area contributed by atoms with E-state index in [9.17, 15) is 9.59 Å². The van der Waals surface area contributed by atoms with Crippen molar-refractivity contribution in [2.45, 2.75) is 13.2 Å². The SMILES string of the molecule is COC(=O)c1ccc2c(c1)N=C=Nc1cc(C(=O)OC)ccc1OCc1cccc(c1)CO2. The summed E-state index contributed by atoms with van der Waals surface area (Å²) in [7, 11) is 2.61. The number of esters is 2. The number of nitrogens with zero attached hydrogens (tertiary/aromatic N) is 2. The van der Waals surface area contributed by atoms with E-state index < -0.39 is 11.9 Å². The van der Waals surface area contributed by atoms with Crippen molar-refractivity contribution in [3.05, 3.63) is 82.9 Å². The van der Waals surface area contributed by atoms with Crippen LogP contribution in [0.1, 0.15) is 31.8 Å². The second kappa shape index (κ2) is 9.80. The van der Waals surface area contributed by atoms with Crippen molar-refractivity contribution in [1.82, 2.24) is 0 Å². The number of aliphatic imine (C=N–C) groups is 2. The van der Waals surface area contributed by atoms with E-state index in [0.29, 0.717) is 47.2 Å². The van der Waals surface area contributed by atoms with Gasteiger partial charge in [-0.2, -0.15) is 9.98 Å². The van der Waals surface area contributed by atoms with Gasteiger partial charge in [0.2, 0.25) is 0 Å². The highest BCUT2D eigenvalue weighted by molar-refractivity contribution is 5.91. The fraction of sp³-hybridized carbons (Fsp3) is 0.160. The Morgan fingerprint density at radius 3 is 1.70 bits per heavy atom. The fourth-order valence-corrected chi connectivity index (χ4v) is 3.21. The molecule has 0 saturated heterocycles. The quantitative estimate of drug-likeness (QED) is 0.524. The number of hydrogen-bond donors (Lipinski definition) is 0. The van der Waals surface area contributed by atoms with Crippen molar-refractivity contribution in [2.24, 2.45) is 9.98 Å². The lowest BCUT2D eigenvalue weighted by Crippen LogP contribution is -2.03. The minimum absolute atomic E-state index is 0.296. The monoisotopic (exact) mass is 444 g/mol. The van der Waals surface area contributed by atoms with Gasteiger partial charge in [-0.1, -0.05) is 18.2 Å². The minimum Gasteiger partial charge on any atom is -0.487 e.